The topological polar surface area (TPSA) is 103 Å². The third-order valence-electron chi connectivity index (χ3n) is 4.77. The third-order valence-corrected chi connectivity index (χ3v) is 5.82. The highest BCUT2D eigenvalue weighted by Crippen LogP contribution is 2.35. The minimum atomic E-state index is -0.864. The van der Waals surface area contributed by atoms with Crippen LogP contribution in [0.15, 0.2) is 35.1 Å². The normalized spacial score (nSPS) is 13.0. The first-order valence-corrected chi connectivity index (χ1v) is 9.71. The molecule has 3 rings (SSSR count). The molecule has 0 amide bonds. The predicted octanol–water partition coefficient (Wildman–Crippen LogP) is 3.97. The summed E-state index contributed by atoms with van der Waals surface area (Å²) in [6.07, 6.45) is 1.01. The van der Waals surface area contributed by atoms with Crippen molar-refractivity contribution in [2.45, 2.75) is 32.1 Å². The van der Waals surface area contributed by atoms with Gasteiger partial charge in [-0.1, -0.05) is 19.1 Å². The summed E-state index contributed by atoms with van der Waals surface area (Å²) in [6.45, 7) is 3.78. The lowest BCUT2D eigenvalue weighted by Gasteiger charge is -2.22. The summed E-state index contributed by atoms with van der Waals surface area (Å²) < 4.78 is 5.27. The molecule has 0 spiro atoms. The van der Waals surface area contributed by atoms with Gasteiger partial charge in [-0.05, 0) is 44.6 Å². The summed E-state index contributed by atoms with van der Waals surface area (Å²) in [5.74, 6) is 0. The summed E-state index contributed by atoms with van der Waals surface area (Å²) >= 11 is 0. The van der Waals surface area contributed by atoms with Crippen LogP contribution in [0.3, 0.4) is 0 Å². The summed E-state index contributed by atoms with van der Waals surface area (Å²) in [7, 11) is 2.29. The van der Waals surface area contributed by atoms with Crippen molar-refractivity contribution >= 4 is 19.1 Å². The molecule has 7 heteroatoms. The monoisotopic (exact) mass is 390 g/mol. The van der Waals surface area contributed by atoms with Gasteiger partial charge in [-0.2, -0.15) is 10.5 Å². The van der Waals surface area contributed by atoms with Gasteiger partial charge in [-0.3, -0.25) is 4.79 Å². The van der Waals surface area contributed by atoms with E-state index in [1.165, 1.54) is 0 Å². The molecule has 0 radical (unpaired) electrons. The van der Waals surface area contributed by atoms with E-state index in [0.29, 0.717) is 29.3 Å². The van der Waals surface area contributed by atoms with Crippen LogP contribution in [0.4, 0.5) is 0 Å². The van der Waals surface area contributed by atoms with Crippen LogP contribution < -0.4 is 10.3 Å². The number of aromatic nitrogens is 2. The second-order valence-electron chi connectivity index (χ2n) is 6.72. The predicted molar refractivity (Wildman–Crippen MR) is 109 cm³/mol. The standard InChI is InChI=1S/C21H19N4O2P/c1-4-13-7-14-5-6-15(8-17(14)25-20(13)26)21(2,12-23)10-18-24-16(11-22)9-19(27-3)28-18/h5-9H,4,10H2,1-3H3,(H,25,26). The summed E-state index contributed by atoms with van der Waals surface area (Å²) in [4.78, 5) is 19.4. The average Bonchev–Trinajstić information content (AvgIpc) is 2.72. The largest absolute Gasteiger partial charge is 0.492 e. The van der Waals surface area contributed by atoms with Gasteiger partial charge in [0, 0.05) is 23.6 Å². The maximum Gasteiger partial charge on any atom is 0.251 e. The number of hydrogen-bond acceptors (Lipinski definition) is 5. The van der Waals surface area contributed by atoms with Gasteiger partial charge in [0.15, 0.2) is 0 Å². The van der Waals surface area contributed by atoms with Gasteiger partial charge < -0.3 is 9.72 Å². The van der Waals surface area contributed by atoms with Crippen molar-refractivity contribution in [1.29, 1.82) is 10.5 Å². The maximum absolute atomic E-state index is 12.2. The summed E-state index contributed by atoms with van der Waals surface area (Å²) in [5, 5.41) is 20.0. The van der Waals surface area contributed by atoms with Crippen molar-refractivity contribution < 1.29 is 4.74 Å². The Kier molecular flexibility index (Phi) is 5.45. The van der Waals surface area contributed by atoms with Gasteiger partial charge in [0.1, 0.15) is 17.2 Å². The molecule has 3 aromatic rings. The van der Waals surface area contributed by atoms with Crippen LogP contribution in [0, 0.1) is 22.7 Å². The smallest absolute Gasteiger partial charge is 0.251 e. The molecule has 0 saturated heterocycles. The third kappa shape index (κ3) is 3.74. The molecule has 0 aliphatic carbocycles. The van der Waals surface area contributed by atoms with Crippen molar-refractivity contribution in [1.82, 2.24) is 9.97 Å². The van der Waals surface area contributed by atoms with E-state index >= 15 is 0 Å². The second kappa shape index (κ2) is 7.80. The Morgan fingerprint density at radius 3 is 2.71 bits per heavy atom. The van der Waals surface area contributed by atoms with Gasteiger partial charge >= 0.3 is 0 Å². The Morgan fingerprint density at radius 1 is 1.29 bits per heavy atom. The molecule has 1 unspecified atom stereocenters. The van der Waals surface area contributed by atoms with Gasteiger partial charge in [-0.15, -0.1) is 0 Å². The fourth-order valence-corrected chi connectivity index (χ4v) is 4.17. The van der Waals surface area contributed by atoms with E-state index in [1.807, 2.05) is 44.2 Å². The van der Waals surface area contributed by atoms with Crippen LogP contribution in [-0.2, 0) is 18.3 Å². The van der Waals surface area contributed by atoms with E-state index in [4.69, 9.17) is 4.74 Å². The van der Waals surface area contributed by atoms with Gasteiger partial charge in [-0.25, -0.2) is 4.98 Å². The molecule has 1 atom stereocenters. The molecule has 0 aliphatic rings. The Labute approximate surface area is 164 Å². The van der Waals surface area contributed by atoms with Crippen molar-refractivity contribution in [3.05, 3.63) is 62.9 Å². The minimum absolute atomic E-state index is 0.107. The molecule has 0 fully saturated rings. The lowest BCUT2D eigenvalue weighted by Crippen LogP contribution is -2.23. The molecular formula is C21H19N4O2P. The van der Waals surface area contributed by atoms with E-state index < -0.39 is 5.41 Å². The summed E-state index contributed by atoms with van der Waals surface area (Å²) in [5.41, 5.74) is 2.82. The zero-order chi connectivity index (χ0) is 20.3. The van der Waals surface area contributed by atoms with E-state index in [2.05, 4.69) is 16.0 Å². The molecule has 1 N–H and O–H groups in total. The molecule has 2 heterocycles. The van der Waals surface area contributed by atoms with E-state index in [-0.39, 0.29) is 11.3 Å². The zero-order valence-electron chi connectivity index (χ0n) is 15.9. The van der Waals surface area contributed by atoms with Gasteiger partial charge in [0.2, 0.25) is 0 Å². The number of nitriles is 2. The number of fused-ring (bicyclic) bond motifs is 1. The van der Waals surface area contributed by atoms with E-state index in [1.54, 1.807) is 13.2 Å². The SMILES string of the molecule is CCc1cc2ccc(C(C)(C#N)Cc3nc(C#N)cc(OC)p3)cc2[nH]c1=O. The molecule has 140 valence electrons. The summed E-state index contributed by atoms with van der Waals surface area (Å²) in [6, 6.07) is 13.6. The fourth-order valence-electron chi connectivity index (χ4n) is 3.09. The first-order chi connectivity index (χ1) is 13.4. The first kappa shape index (κ1) is 19.5. The molecule has 0 saturated carbocycles. The molecule has 6 nitrogen and oxygen atoms in total. The van der Waals surface area contributed by atoms with Crippen molar-refractivity contribution in [3.8, 4) is 17.6 Å². The van der Waals surface area contributed by atoms with Gasteiger partial charge in [0.25, 0.3) is 5.56 Å². The Balaban J connectivity index is 2.06. The number of benzene rings is 1. The van der Waals surface area contributed by atoms with Crippen molar-refractivity contribution in [3.63, 3.8) is 0 Å². The number of ether oxygens (including phenoxy) is 1. The number of nitrogens with zero attached hydrogens (tertiary/aromatic N) is 3. The average molecular weight is 390 g/mol. The van der Waals surface area contributed by atoms with Gasteiger partial charge in [0.05, 0.1) is 24.0 Å². The van der Waals surface area contributed by atoms with Crippen LogP contribution >= 0.6 is 8.19 Å². The highest BCUT2D eigenvalue weighted by atomic mass is 31.0. The van der Waals surface area contributed by atoms with E-state index in [9.17, 15) is 15.3 Å². The number of nitrogens with one attached hydrogen (secondary N) is 1. The van der Waals surface area contributed by atoms with Crippen LogP contribution in [0.25, 0.3) is 10.9 Å². The number of pyridine rings is 1. The molecule has 0 bridgehead atoms. The quantitative estimate of drug-likeness (QED) is 0.710. The fraction of sp³-hybridized carbons (Fsp3) is 0.286. The van der Waals surface area contributed by atoms with Crippen LogP contribution in [0.5, 0.6) is 5.48 Å². The molecule has 2 aromatic heterocycles. The lowest BCUT2D eigenvalue weighted by molar-refractivity contribution is 0.426. The highest BCUT2D eigenvalue weighted by molar-refractivity contribution is 7.33. The Hall–Kier alpha value is -3.21. The Bertz CT molecular complexity index is 1190. The highest BCUT2D eigenvalue weighted by Gasteiger charge is 2.29. The van der Waals surface area contributed by atoms with Crippen molar-refractivity contribution in [2.24, 2.45) is 0 Å². The minimum Gasteiger partial charge on any atom is -0.492 e. The van der Waals surface area contributed by atoms with Crippen LogP contribution in [-0.4, -0.2) is 17.1 Å². The lowest BCUT2D eigenvalue weighted by atomic mass is 9.80. The number of methoxy groups -OCH3 is 1. The molecular weight excluding hydrogens is 371 g/mol. The van der Waals surface area contributed by atoms with E-state index in [0.717, 1.165) is 24.7 Å². The number of hydrogen-bond donors (Lipinski definition) is 1. The maximum atomic E-state index is 12.2. The number of rotatable bonds is 5. The van der Waals surface area contributed by atoms with Crippen molar-refractivity contribution in [2.75, 3.05) is 7.11 Å². The van der Waals surface area contributed by atoms with Crippen LogP contribution in [0.1, 0.15) is 36.1 Å². The zero-order valence-corrected chi connectivity index (χ0v) is 16.8. The molecule has 28 heavy (non-hydrogen) atoms. The second-order valence-corrected chi connectivity index (χ2v) is 7.90. The number of H-pyrrole nitrogens is 1. The molecule has 0 aliphatic heterocycles. The number of aromatic amines is 1. The first-order valence-electron chi connectivity index (χ1n) is 8.82. The van der Waals surface area contributed by atoms with Crippen LogP contribution in [0.2, 0.25) is 0 Å². The molecule has 1 aromatic carbocycles. The number of aryl methyl sites for hydroxylation is 1. The Morgan fingerprint density at radius 2 is 2.07 bits per heavy atom.